The Labute approximate surface area is 111 Å². The fourth-order valence-electron chi connectivity index (χ4n) is 1.77. The molecule has 1 saturated heterocycles. The van der Waals surface area contributed by atoms with Crippen molar-refractivity contribution < 1.29 is 9.15 Å². The summed E-state index contributed by atoms with van der Waals surface area (Å²) in [5.74, 6) is 1.87. The Morgan fingerprint density at radius 2 is 2.44 bits per heavy atom. The molecule has 1 aliphatic heterocycles. The van der Waals surface area contributed by atoms with Gasteiger partial charge in [0.05, 0.1) is 13.2 Å². The number of hydrogen-bond donors (Lipinski definition) is 2. The lowest BCUT2D eigenvalue weighted by molar-refractivity contribution is 0.198. The zero-order valence-corrected chi connectivity index (χ0v) is 11.5. The summed E-state index contributed by atoms with van der Waals surface area (Å²) in [6.07, 6.45) is 2.59. The van der Waals surface area contributed by atoms with E-state index < -0.39 is 0 Å². The molecule has 1 aromatic rings. The van der Waals surface area contributed by atoms with Crippen LogP contribution in [0.5, 0.6) is 0 Å². The molecular weight excluding hydrogens is 252 g/mol. The van der Waals surface area contributed by atoms with E-state index in [1.54, 1.807) is 7.11 Å². The number of nitrogens with one attached hydrogen (secondary N) is 2. The molecular formula is C11H20N4O2S. The van der Waals surface area contributed by atoms with Crippen LogP contribution in [0.2, 0.25) is 0 Å². The van der Waals surface area contributed by atoms with Gasteiger partial charge in [-0.15, -0.1) is 5.10 Å². The van der Waals surface area contributed by atoms with Gasteiger partial charge in [0, 0.05) is 25.4 Å². The Bertz CT molecular complexity index is 342. The maximum atomic E-state index is 5.48. The summed E-state index contributed by atoms with van der Waals surface area (Å²) in [5, 5.41) is 15.0. The van der Waals surface area contributed by atoms with Crippen LogP contribution in [0.25, 0.3) is 0 Å². The minimum Gasteiger partial charge on any atom is -0.407 e. The standard InChI is InChI=1S/C11H20N4O2S/c1-16-5-4-12-8-10-14-15-11(17-10)13-7-9-3-2-6-18-9/h9,12H,2-8H2,1H3,(H,13,15). The number of nitrogens with zero attached hydrogens (tertiary/aromatic N) is 2. The van der Waals surface area contributed by atoms with Crippen LogP contribution < -0.4 is 10.6 Å². The lowest BCUT2D eigenvalue weighted by Crippen LogP contribution is -2.18. The van der Waals surface area contributed by atoms with E-state index in [0.29, 0.717) is 30.3 Å². The highest BCUT2D eigenvalue weighted by Crippen LogP contribution is 2.26. The molecule has 2 N–H and O–H groups in total. The van der Waals surface area contributed by atoms with Crippen LogP contribution in [0.15, 0.2) is 4.42 Å². The molecule has 0 aromatic carbocycles. The first kappa shape index (κ1) is 13.6. The Hall–Kier alpha value is -0.790. The van der Waals surface area contributed by atoms with E-state index >= 15 is 0 Å². The number of hydrogen-bond acceptors (Lipinski definition) is 7. The normalized spacial score (nSPS) is 19.3. The number of ether oxygens (including phenoxy) is 1. The molecule has 2 heterocycles. The van der Waals surface area contributed by atoms with Crippen LogP contribution in [0.3, 0.4) is 0 Å². The van der Waals surface area contributed by atoms with Gasteiger partial charge in [-0.05, 0) is 18.6 Å². The summed E-state index contributed by atoms with van der Waals surface area (Å²) in [6.45, 7) is 2.94. The van der Waals surface area contributed by atoms with Crippen LogP contribution in [0, 0.1) is 0 Å². The maximum Gasteiger partial charge on any atom is 0.315 e. The minimum atomic E-state index is 0.519. The van der Waals surface area contributed by atoms with Crippen molar-refractivity contribution in [2.75, 3.05) is 37.9 Å². The molecule has 0 spiro atoms. The van der Waals surface area contributed by atoms with E-state index in [0.717, 1.165) is 13.1 Å². The first-order valence-electron chi connectivity index (χ1n) is 6.26. The Kier molecular flexibility index (Phi) is 5.76. The van der Waals surface area contributed by atoms with Crippen molar-refractivity contribution in [1.82, 2.24) is 15.5 Å². The average molecular weight is 272 g/mol. The molecule has 1 atom stereocenters. The maximum absolute atomic E-state index is 5.48. The SMILES string of the molecule is COCCNCc1nnc(NCC2CCCS2)o1. The van der Waals surface area contributed by atoms with Crippen LogP contribution >= 0.6 is 11.8 Å². The van der Waals surface area contributed by atoms with Crippen LogP contribution in [0.1, 0.15) is 18.7 Å². The summed E-state index contributed by atoms with van der Waals surface area (Å²) >= 11 is 2.01. The molecule has 7 heteroatoms. The van der Waals surface area contributed by atoms with Gasteiger partial charge in [0.2, 0.25) is 5.89 Å². The quantitative estimate of drug-likeness (QED) is 0.687. The molecule has 1 aromatic heterocycles. The van der Waals surface area contributed by atoms with Crippen LogP contribution in [-0.4, -0.2) is 48.0 Å². The van der Waals surface area contributed by atoms with Crippen molar-refractivity contribution in [1.29, 1.82) is 0 Å². The van der Waals surface area contributed by atoms with E-state index in [4.69, 9.17) is 9.15 Å². The van der Waals surface area contributed by atoms with Gasteiger partial charge in [0.15, 0.2) is 0 Å². The molecule has 1 aliphatic rings. The minimum absolute atomic E-state index is 0.519. The van der Waals surface area contributed by atoms with Crippen molar-refractivity contribution in [3.05, 3.63) is 5.89 Å². The van der Waals surface area contributed by atoms with Crippen molar-refractivity contribution in [3.8, 4) is 0 Å². The molecule has 0 amide bonds. The van der Waals surface area contributed by atoms with Gasteiger partial charge in [-0.25, -0.2) is 0 Å². The molecule has 0 bridgehead atoms. The van der Waals surface area contributed by atoms with E-state index in [9.17, 15) is 0 Å². The topological polar surface area (TPSA) is 72.2 Å². The lowest BCUT2D eigenvalue weighted by Gasteiger charge is -2.07. The van der Waals surface area contributed by atoms with E-state index in [1.807, 2.05) is 11.8 Å². The van der Waals surface area contributed by atoms with Crippen molar-refractivity contribution in [3.63, 3.8) is 0 Å². The van der Waals surface area contributed by atoms with Gasteiger partial charge in [0.1, 0.15) is 0 Å². The summed E-state index contributed by atoms with van der Waals surface area (Å²) < 4.78 is 10.4. The summed E-state index contributed by atoms with van der Waals surface area (Å²) in [5.41, 5.74) is 0. The van der Waals surface area contributed by atoms with Gasteiger partial charge in [-0.2, -0.15) is 11.8 Å². The largest absolute Gasteiger partial charge is 0.407 e. The molecule has 6 nitrogen and oxygen atoms in total. The molecule has 0 radical (unpaired) electrons. The summed E-state index contributed by atoms with van der Waals surface area (Å²) in [4.78, 5) is 0. The molecule has 102 valence electrons. The van der Waals surface area contributed by atoms with Gasteiger partial charge in [0.25, 0.3) is 0 Å². The van der Waals surface area contributed by atoms with Crippen molar-refractivity contribution in [2.45, 2.75) is 24.6 Å². The van der Waals surface area contributed by atoms with Crippen LogP contribution in [0.4, 0.5) is 6.01 Å². The highest BCUT2D eigenvalue weighted by molar-refractivity contribution is 8.00. The fourth-order valence-corrected chi connectivity index (χ4v) is 2.97. The van der Waals surface area contributed by atoms with Crippen molar-refractivity contribution in [2.24, 2.45) is 0 Å². The number of thioether (sulfide) groups is 1. The van der Waals surface area contributed by atoms with Gasteiger partial charge in [-0.3, -0.25) is 0 Å². The third-order valence-electron chi connectivity index (χ3n) is 2.73. The molecule has 2 rings (SSSR count). The van der Waals surface area contributed by atoms with E-state index in [-0.39, 0.29) is 0 Å². The highest BCUT2D eigenvalue weighted by atomic mass is 32.2. The van der Waals surface area contributed by atoms with Gasteiger partial charge < -0.3 is 19.8 Å². The fraction of sp³-hybridized carbons (Fsp3) is 0.818. The Balaban J connectivity index is 1.65. The molecule has 0 saturated carbocycles. The predicted molar refractivity (Wildman–Crippen MR) is 71.9 cm³/mol. The molecule has 1 unspecified atom stereocenters. The first-order chi connectivity index (χ1) is 8.88. The van der Waals surface area contributed by atoms with Gasteiger partial charge in [-0.1, -0.05) is 5.10 Å². The smallest absolute Gasteiger partial charge is 0.315 e. The third kappa shape index (κ3) is 4.47. The second-order valence-corrected chi connectivity index (χ2v) is 5.59. The second kappa shape index (κ2) is 7.60. The number of methoxy groups -OCH3 is 1. The zero-order chi connectivity index (χ0) is 12.6. The van der Waals surface area contributed by atoms with Crippen LogP contribution in [-0.2, 0) is 11.3 Å². The Morgan fingerprint density at radius 3 is 3.22 bits per heavy atom. The number of anilines is 1. The highest BCUT2D eigenvalue weighted by Gasteiger charge is 2.16. The summed E-state index contributed by atoms with van der Waals surface area (Å²) in [7, 11) is 1.68. The molecule has 1 fully saturated rings. The zero-order valence-electron chi connectivity index (χ0n) is 10.6. The second-order valence-electron chi connectivity index (χ2n) is 4.19. The number of aromatic nitrogens is 2. The Morgan fingerprint density at radius 1 is 1.50 bits per heavy atom. The van der Waals surface area contributed by atoms with E-state index in [1.165, 1.54) is 18.6 Å². The number of rotatable bonds is 8. The average Bonchev–Trinajstić information content (AvgIpc) is 3.03. The monoisotopic (exact) mass is 272 g/mol. The molecule has 18 heavy (non-hydrogen) atoms. The van der Waals surface area contributed by atoms with Gasteiger partial charge >= 0.3 is 6.01 Å². The first-order valence-corrected chi connectivity index (χ1v) is 7.31. The lowest BCUT2D eigenvalue weighted by atomic mass is 10.2. The molecule has 0 aliphatic carbocycles. The predicted octanol–water partition coefficient (Wildman–Crippen LogP) is 1.11. The van der Waals surface area contributed by atoms with Crippen molar-refractivity contribution >= 4 is 17.8 Å². The third-order valence-corrected chi connectivity index (χ3v) is 4.13. The summed E-state index contributed by atoms with van der Waals surface area (Å²) in [6, 6.07) is 0.519. The van der Waals surface area contributed by atoms with E-state index in [2.05, 4.69) is 20.8 Å².